The largest absolute Gasteiger partial charge is 0.507 e. The zero-order chi connectivity index (χ0) is 18.0. The molecule has 0 aliphatic carbocycles. The van der Waals surface area contributed by atoms with Crippen LogP contribution in [0.5, 0.6) is 11.5 Å². The number of phenolic OH excluding ortho intramolecular Hbond substituents is 1. The lowest BCUT2D eigenvalue weighted by Gasteiger charge is -2.42. The molecule has 2 rings (SSSR count). The molecule has 0 unspecified atom stereocenters. The van der Waals surface area contributed by atoms with E-state index in [1.165, 1.54) is 0 Å². The topological polar surface area (TPSA) is 46.5 Å². The number of hydrogen-bond acceptors (Lipinski definition) is 3. The molecule has 0 aliphatic heterocycles. The number of carbonyl (C=O) groups excluding carboxylic acids is 1. The maximum absolute atomic E-state index is 12.5. The average molecular weight is 326 g/mol. The van der Waals surface area contributed by atoms with Gasteiger partial charge in [-0.25, -0.2) is 4.79 Å². The average Bonchev–Trinajstić information content (AvgIpc) is 2.55. The van der Waals surface area contributed by atoms with Crippen LogP contribution in [-0.4, -0.2) is 11.1 Å². The molecular weight excluding hydrogens is 300 g/mol. The summed E-state index contributed by atoms with van der Waals surface area (Å²) in [5.41, 5.74) is 1.09. The number of esters is 1. The Bertz CT molecular complexity index is 715. The highest BCUT2D eigenvalue weighted by atomic mass is 16.5. The second kappa shape index (κ2) is 6.68. The molecule has 1 N–H and O–H groups in total. The van der Waals surface area contributed by atoms with Gasteiger partial charge in [-0.15, -0.1) is 0 Å². The van der Waals surface area contributed by atoms with Crippen LogP contribution in [0, 0.1) is 5.41 Å². The Hall–Kier alpha value is -2.29. The predicted molar refractivity (Wildman–Crippen MR) is 96.6 cm³/mol. The summed E-state index contributed by atoms with van der Waals surface area (Å²) in [7, 11) is 0. The third kappa shape index (κ3) is 3.45. The lowest BCUT2D eigenvalue weighted by molar-refractivity contribution is 0.0731. The van der Waals surface area contributed by atoms with E-state index in [1.807, 2.05) is 12.1 Å². The Morgan fingerprint density at radius 1 is 1.04 bits per heavy atom. The van der Waals surface area contributed by atoms with Crippen molar-refractivity contribution in [2.75, 3.05) is 0 Å². The van der Waals surface area contributed by atoms with Crippen molar-refractivity contribution in [2.45, 2.75) is 46.5 Å². The molecule has 128 valence electrons. The Kier molecular flexibility index (Phi) is 5.02. The molecule has 2 aromatic carbocycles. The summed E-state index contributed by atoms with van der Waals surface area (Å²) < 4.78 is 5.36. The lowest BCUT2D eigenvalue weighted by Crippen LogP contribution is -2.36. The van der Waals surface area contributed by atoms with Gasteiger partial charge >= 0.3 is 5.97 Å². The van der Waals surface area contributed by atoms with E-state index in [-0.39, 0.29) is 22.1 Å². The van der Waals surface area contributed by atoms with Crippen molar-refractivity contribution in [3.63, 3.8) is 0 Å². The van der Waals surface area contributed by atoms with Gasteiger partial charge in [-0.2, -0.15) is 0 Å². The number of benzene rings is 2. The number of para-hydroxylation sites is 1. The van der Waals surface area contributed by atoms with Gasteiger partial charge < -0.3 is 9.84 Å². The second-order valence-corrected chi connectivity index (χ2v) is 7.30. The van der Waals surface area contributed by atoms with Crippen molar-refractivity contribution in [3.05, 3.63) is 59.7 Å². The van der Waals surface area contributed by atoms with Crippen LogP contribution in [0.1, 0.15) is 57.0 Å². The Labute approximate surface area is 144 Å². The van der Waals surface area contributed by atoms with Gasteiger partial charge in [0.05, 0.1) is 0 Å². The van der Waals surface area contributed by atoms with Crippen LogP contribution in [0.25, 0.3) is 0 Å². The van der Waals surface area contributed by atoms with Gasteiger partial charge in [0.15, 0.2) is 0 Å². The van der Waals surface area contributed by atoms with Crippen molar-refractivity contribution in [2.24, 2.45) is 5.41 Å². The molecule has 0 aliphatic rings. The molecule has 24 heavy (non-hydrogen) atoms. The number of rotatable bonds is 5. The van der Waals surface area contributed by atoms with E-state index in [9.17, 15) is 9.90 Å². The number of hydrogen-bond donors (Lipinski definition) is 1. The fourth-order valence-electron chi connectivity index (χ4n) is 2.57. The summed E-state index contributed by atoms with van der Waals surface area (Å²) >= 11 is 0. The van der Waals surface area contributed by atoms with Crippen LogP contribution in [0.3, 0.4) is 0 Å². The Balaban J connectivity index is 2.37. The maximum Gasteiger partial charge on any atom is 0.347 e. The molecule has 0 radical (unpaired) electrons. The number of carbonyl (C=O) groups is 1. The van der Waals surface area contributed by atoms with Crippen LogP contribution in [-0.2, 0) is 5.41 Å². The monoisotopic (exact) mass is 326 g/mol. The second-order valence-electron chi connectivity index (χ2n) is 7.30. The zero-order valence-electron chi connectivity index (χ0n) is 15.1. The van der Waals surface area contributed by atoms with E-state index in [0.29, 0.717) is 5.75 Å². The minimum Gasteiger partial charge on any atom is -0.507 e. The van der Waals surface area contributed by atoms with E-state index in [1.54, 1.807) is 36.4 Å². The minimum atomic E-state index is -0.550. The molecule has 0 spiro atoms. The molecule has 0 atom stereocenters. The standard InChI is InChI=1S/C21H26O3/c1-6-20(2,3)21(4,5)15-12-13-18(22)17(14-15)19(23)24-16-10-8-7-9-11-16/h7-14,22H,6H2,1-5H3. The lowest BCUT2D eigenvalue weighted by atomic mass is 9.63. The van der Waals surface area contributed by atoms with E-state index in [0.717, 1.165) is 12.0 Å². The Morgan fingerprint density at radius 3 is 2.25 bits per heavy atom. The molecule has 0 saturated heterocycles. The van der Waals surface area contributed by atoms with Crippen molar-refractivity contribution in [1.29, 1.82) is 0 Å². The molecule has 3 heteroatoms. The molecule has 0 heterocycles. The van der Waals surface area contributed by atoms with Crippen molar-refractivity contribution in [1.82, 2.24) is 0 Å². The minimum absolute atomic E-state index is 0.0462. The zero-order valence-corrected chi connectivity index (χ0v) is 15.1. The number of phenols is 1. The van der Waals surface area contributed by atoms with Gasteiger partial charge in [-0.1, -0.05) is 65.3 Å². The van der Waals surface area contributed by atoms with Crippen molar-refractivity contribution >= 4 is 5.97 Å². The smallest absolute Gasteiger partial charge is 0.347 e. The molecule has 2 aromatic rings. The van der Waals surface area contributed by atoms with E-state index >= 15 is 0 Å². The molecule has 0 fully saturated rings. The van der Waals surface area contributed by atoms with Crippen molar-refractivity contribution in [3.8, 4) is 11.5 Å². The van der Waals surface area contributed by atoms with Gasteiger partial charge in [0, 0.05) is 0 Å². The van der Waals surface area contributed by atoms with Crippen LogP contribution < -0.4 is 4.74 Å². The van der Waals surface area contributed by atoms with Crippen molar-refractivity contribution < 1.29 is 14.6 Å². The van der Waals surface area contributed by atoms with E-state index in [2.05, 4.69) is 34.6 Å². The molecule has 0 bridgehead atoms. The highest BCUT2D eigenvalue weighted by Gasteiger charge is 2.37. The molecule has 0 amide bonds. The summed E-state index contributed by atoms with van der Waals surface area (Å²) in [4.78, 5) is 12.5. The van der Waals surface area contributed by atoms with Crippen LogP contribution in [0.4, 0.5) is 0 Å². The van der Waals surface area contributed by atoms with Gasteiger partial charge in [-0.05, 0) is 40.7 Å². The summed E-state index contributed by atoms with van der Waals surface area (Å²) in [6.45, 7) is 10.9. The molecule has 3 nitrogen and oxygen atoms in total. The summed E-state index contributed by atoms with van der Waals surface area (Å²) in [5.74, 6) is -0.157. The third-order valence-corrected chi connectivity index (χ3v) is 5.47. The van der Waals surface area contributed by atoms with Gasteiger partial charge in [0.1, 0.15) is 17.1 Å². The highest BCUT2D eigenvalue weighted by Crippen LogP contribution is 2.44. The van der Waals surface area contributed by atoms with Gasteiger partial charge in [-0.3, -0.25) is 0 Å². The highest BCUT2D eigenvalue weighted by molar-refractivity contribution is 5.94. The first-order chi connectivity index (χ1) is 11.2. The molecule has 0 saturated carbocycles. The molecule has 0 aromatic heterocycles. The van der Waals surface area contributed by atoms with Gasteiger partial charge in [0.2, 0.25) is 0 Å². The quantitative estimate of drug-likeness (QED) is 0.597. The SMILES string of the molecule is CCC(C)(C)C(C)(C)c1ccc(O)c(C(=O)Oc2ccccc2)c1. The normalized spacial score (nSPS) is 12.0. The fourth-order valence-corrected chi connectivity index (χ4v) is 2.57. The van der Waals surface area contributed by atoms with Gasteiger partial charge in [0.25, 0.3) is 0 Å². The number of aromatic hydroxyl groups is 1. The summed E-state index contributed by atoms with van der Waals surface area (Å²) in [6.07, 6.45) is 1.00. The maximum atomic E-state index is 12.5. The first-order valence-electron chi connectivity index (χ1n) is 8.30. The molecular formula is C21H26O3. The fraction of sp³-hybridized carbons (Fsp3) is 0.381. The predicted octanol–water partition coefficient (Wildman–Crippen LogP) is 5.33. The number of ether oxygens (including phenoxy) is 1. The third-order valence-electron chi connectivity index (χ3n) is 5.47. The summed E-state index contributed by atoms with van der Waals surface area (Å²) in [5, 5.41) is 10.1. The summed E-state index contributed by atoms with van der Waals surface area (Å²) in [6, 6.07) is 14.1. The van der Waals surface area contributed by atoms with E-state index < -0.39 is 5.97 Å². The first kappa shape index (κ1) is 18.1. The van der Waals surface area contributed by atoms with E-state index in [4.69, 9.17) is 4.74 Å². The van der Waals surface area contributed by atoms with Crippen LogP contribution >= 0.6 is 0 Å². The Morgan fingerprint density at radius 2 is 1.67 bits per heavy atom. The van der Waals surface area contributed by atoms with Crippen LogP contribution in [0.2, 0.25) is 0 Å². The van der Waals surface area contributed by atoms with Crippen LogP contribution in [0.15, 0.2) is 48.5 Å². The first-order valence-corrected chi connectivity index (χ1v) is 8.30.